The Bertz CT molecular complexity index is 953. The molecule has 7 nitrogen and oxygen atoms in total. The third-order valence-electron chi connectivity index (χ3n) is 3.10. The van der Waals surface area contributed by atoms with Crippen LogP contribution in [0.5, 0.6) is 0 Å². The van der Waals surface area contributed by atoms with Crippen LogP contribution in [-0.4, -0.2) is 37.7 Å². The summed E-state index contributed by atoms with van der Waals surface area (Å²) in [5.74, 6) is -0.0847. The smallest absolute Gasteiger partial charge is 0.261 e. The van der Waals surface area contributed by atoms with Gasteiger partial charge in [-0.2, -0.15) is 0 Å². The molecule has 0 radical (unpaired) electrons. The fraction of sp³-hybridized carbons (Fsp3) is 0.214. The first-order valence-corrected chi connectivity index (χ1v) is 9.87. The van der Waals surface area contributed by atoms with Gasteiger partial charge in [-0.05, 0) is 18.4 Å². The van der Waals surface area contributed by atoms with Crippen molar-refractivity contribution in [1.29, 1.82) is 0 Å². The van der Waals surface area contributed by atoms with Crippen molar-refractivity contribution in [1.82, 2.24) is 19.7 Å². The van der Waals surface area contributed by atoms with E-state index in [1.807, 2.05) is 12.3 Å². The molecule has 0 unspecified atom stereocenters. The number of aromatic nitrogens is 4. The second-order valence-corrected chi connectivity index (χ2v) is 7.66. The van der Waals surface area contributed by atoms with Crippen LogP contribution < -0.4 is 10.9 Å². The van der Waals surface area contributed by atoms with Gasteiger partial charge >= 0.3 is 0 Å². The zero-order valence-electron chi connectivity index (χ0n) is 12.8. The highest BCUT2D eigenvalue weighted by Gasteiger charge is 2.12. The lowest BCUT2D eigenvalue weighted by molar-refractivity contribution is -0.113. The predicted molar refractivity (Wildman–Crippen MR) is 98.0 cm³/mol. The van der Waals surface area contributed by atoms with Gasteiger partial charge in [0.2, 0.25) is 11.0 Å². The molecule has 124 valence electrons. The van der Waals surface area contributed by atoms with E-state index in [4.69, 9.17) is 0 Å². The molecule has 2 heterocycles. The molecule has 0 bridgehead atoms. The lowest BCUT2D eigenvalue weighted by Crippen LogP contribution is -2.21. The van der Waals surface area contributed by atoms with E-state index < -0.39 is 0 Å². The van der Waals surface area contributed by atoms with Crippen LogP contribution in [0.3, 0.4) is 0 Å². The normalized spacial score (nSPS) is 10.9. The molecule has 0 atom stereocenters. The summed E-state index contributed by atoms with van der Waals surface area (Å²) in [6.45, 7) is 0. The fourth-order valence-electron chi connectivity index (χ4n) is 1.95. The Morgan fingerprint density at radius 1 is 1.33 bits per heavy atom. The quantitative estimate of drug-likeness (QED) is 0.413. The van der Waals surface area contributed by atoms with Crippen LogP contribution in [-0.2, 0) is 11.8 Å². The summed E-state index contributed by atoms with van der Waals surface area (Å²) in [4.78, 5) is 28.8. The van der Waals surface area contributed by atoms with Crippen LogP contribution in [0.15, 0.2) is 38.6 Å². The molecule has 0 saturated carbocycles. The molecule has 0 fully saturated rings. The molecule has 2 aromatic heterocycles. The van der Waals surface area contributed by atoms with Crippen molar-refractivity contribution in [3.63, 3.8) is 0 Å². The monoisotopic (exact) mass is 379 g/mol. The molecule has 3 rings (SSSR count). The van der Waals surface area contributed by atoms with E-state index in [0.29, 0.717) is 21.2 Å². The Morgan fingerprint density at radius 2 is 2.12 bits per heavy atom. The number of fused-ring (bicyclic) bond motifs is 1. The number of thioether (sulfide) groups is 2. The van der Waals surface area contributed by atoms with Gasteiger partial charge in [-0.15, -0.1) is 10.2 Å². The van der Waals surface area contributed by atoms with E-state index in [1.165, 1.54) is 39.4 Å². The standard InChI is InChI=1S/C14H13N5O2S3/c1-19-11(21)8-5-3-4-6-9(8)15-13(19)23-7-10(20)16-12-17-18-14(22-2)24-12/h3-6H,7H2,1-2H3,(H,16,17,20). The van der Waals surface area contributed by atoms with E-state index in [2.05, 4.69) is 20.5 Å². The van der Waals surface area contributed by atoms with E-state index in [9.17, 15) is 9.59 Å². The lowest BCUT2D eigenvalue weighted by atomic mass is 10.2. The van der Waals surface area contributed by atoms with Gasteiger partial charge in [0.05, 0.1) is 16.7 Å². The summed E-state index contributed by atoms with van der Waals surface area (Å²) in [5, 5.41) is 12.0. The SMILES string of the molecule is CSc1nnc(NC(=O)CSc2nc3ccccc3c(=O)n2C)s1. The van der Waals surface area contributed by atoms with E-state index >= 15 is 0 Å². The van der Waals surface area contributed by atoms with Gasteiger partial charge in [-0.1, -0.05) is 47.0 Å². The fourth-order valence-corrected chi connectivity index (χ4v) is 3.91. The van der Waals surface area contributed by atoms with E-state index in [-0.39, 0.29) is 17.2 Å². The Morgan fingerprint density at radius 3 is 2.88 bits per heavy atom. The summed E-state index contributed by atoms with van der Waals surface area (Å²) in [6, 6.07) is 7.15. The number of benzene rings is 1. The second kappa shape index (κ2) is 7.32. The summed E-state index contributed by atoms with van der Waals surface area (Å²) in [6.07, 6.45) is 1.90. The zero-order chi connectivity index (χ0) is 17.1. The molecule has 24 heavy (non-hydrogen) atoms. The van der Waals surface area contributed by atoms with Gasteiger partial charge in [0, 0.05) is 7.05 Å². The number of para-hydroxylation sites is 1. The predicted octanol–water partition coefficient (Wildman–Crippen LogP) is 2.24. The number of anilines is 1. The minimum Gasteiger partial charge on any atom is -0.300 e. The first-order valence-electron chi connectivity index (χ1n) is 6.84. The molecule has 1 N–H and O–H groups in total. The van der Waals surface area contributed by atoms with Crippen molar-refractivity contribution in [2.75, 3.05) is 17.3 Å². The highest BCUT2D eigenvalue weighted by molar-refractivity contribution is 8.00. The van der Waals surface area contributed by atoms with Crippen molar-refractivity contribution >= 4 is 56.8 Å². The van der Waals surface area contributed by atoms with Gasteiger partial charge in [0.15, 0.2) is 9.50 Å². The highest BCUT2D eigenvalue weighted by atomic mass is 32.2. The van der Waals surface area contributed by atoms with Crippen LogP contribution in [0.1, 0.15) is 0 Å². The largest absolute Gasteiger partial charge is 0.300 e. The molecule has 0 aliphatic heterocycles. The average Bonchev–Trinajstić information content (AvgIpc) is 3.04. The van der Waals surface area contributed by atoms with Crippen LogP contribution >= 0.6 is 34.9 Å². The first-order chi connectivity index (χ1) is 11.6. The summed E-state index contributed by atoms with van der Waals surface area (Å²) >= 11 is 4.00. The van der Waals surface area contributed by atoms with Gasteiger partial charge in [-0.3, -0.25) is 19.5 Å². The number of hydrogen-bond donors (Lipinski definition) is 1. The molecule has 1 aromatic carbocycles. The van der Waals surface area contributed by atoms with Gasteiger partial charge < -0.3 is 0 Å². The maximum absolute atomic E-state index is 12.3. The summed E-state index contributed by atoms with van der Waals surface area (Å²) in [7, 11) is 1.65. The Hall–Kier alpha value is -1.91. The number of carbonyl (C=O) groups is 1. The Kier molecular flexibility index (Phi) is 5.17. The Balaban J connectivity index is 1.72. The molecule has 0 saturated heterocycles. The third kappa shape index (κ3) is 3.60. The highest BCUT2D eigenvalue weighted by Crippen LogP contribution is 2.23. The Labute approximate surface area is 149 Å². The molecule has 0 spiro atoms. The van der Waals surface area contributed by atoms with Crippen LogP contribution in [0, 0.1) is 0 Å². The number of hydrogen-bond acceptors (Lipinski definition) is 8. The van der Waals surface area contributed by atoms with Gasteiger partial charge in [0.25, 0.3) is 5.56 Å². The van der Waals surface area contributed by atoms with Crippen LogP contribution in [0.4, 0.5) is 5.13 Å². The van der Waals surface area contributed by atoms with Crippen molar-refractivity contribution in [2.24, 2.45) is 7.05 Å². The topological polar surface area (TPSA) is 89.8 Å². The maximum atomic E-state index is 12.3. The molecular weight excluding hydrogens is 366 g/mol. The van der Waals surface area contributed by atoms with Crippen molar-refractivity contribution in [3.8, 4) is 0 Å². The molecule has 3 aromatic rings. The van der Waals surface area contributed by atoms with Crippen molar-refractivity contribution in [3.05, 3.63) is 34.6 Å². The molecular formula is C14H13N5O2S3. The molecule has 0 aliphatic rings. The average molecular weight is 379 g/mol. The third-order valence-corrected chi connectivity index (χ3v) is 5.95. The van der Waals surface area contributed by atoms with Crippen molar-refractivity contribution in [2.45, 2.75) is 9.50 Å². The zero-order valence-corrected chi connectivity index (χ0v) is 15.3. The first kappa shape index (κ1) is 16.9. The van der Waals surface area contributed by atoms with Gasteiger partial charge in [-0.25, -0.2) is 4.98 Å². The summed E-state index contributed by atoms with van der Waals surface area (Å²) < 4.78 is 2.24. The number of rotatable bonds is 5. The lowest BCUT2D eigenvalue weighted by Gasteiger charge is -2.08. The molecule has 0 aliphatic carbocycles. The molecule has 10 heteroatoms. The maximum Gasteiger partial charge on any atom is 0.261 e. The van der Waals surface area contributed by atoms with Crippen molar-refractivity contribution < 1.29 is 4.79 Å². The number of nitrogens with one attached hydrogen (secondary N) is 1. The van der Waals surface area contributed by atoms with Crippen LogP contribution in [0.2, 0.25) is 0 Å². The number of carbonyl (C=O) groups excluding carboxylic acids is 1. The minimum absolute atomic E-state index is 0.128. The van der Waals surface area contributed by atoms with Crippen LogP contribution in [0.25, 0.3) is 10.9 Å². The molecule has 1 amide bonds. The summed E-state index contributed by atoms with van der Waals surface area (Å²) in [5.41, 5.74) is 0.495. The second-order valence-electron chi connectivity index (χ2n) is 4.69. The van der Waals surface area contributed by atoms with Gasteiger partial charge in [0.1, 0.15) is 0 Å². The number of amides is 1. The van der Waals surface area contributed by atoms with E-state index in [1.54, 1.807) is 25.2 Å². The minimum atomic E-state index is -0.216. The number of nitrogens with zero attached hydrogens (tertiary/aromatic N) is 4. The van der Waals surface area contributed by atoms with E-state index in [0.717, 1.165) is 4.34 Å².